The lowest BCUT2D eigenvalue weighted by Crippen LogP contribution is -2.40. The summed E-state index contributed by atoms with van der Waals surface area (Å²) in [5.74, 6) is 0.971. The minimum atomic E-state index is -0.341. The van der Waals surface area contributed by atoms with E-state index in [0.29, 0.717) is 10.7 Å². The molecule has 2 amide bonds. The summed E-state index contributed by atoms with van der Waals surface area (Å²) in [6.07, 6.45) is 0. The predicted molar refractivity (Wildman–Crippen MR) is 103 cm³/mol. The van der Waals surface area contributed by atoms with Gasteiger partial charge in [0.25, 0.3) is 0 Å². The van der Waals surface area contributed by atoms with Gasteiger partial charge in [0.15, 0.2) is 0 Å². The van der Waals surface area contributed by atoms with Crippen molar-refractivity contribution < 1.29 is 9.59 Å². The van der Waals surface area contributed by atoms with E-state index >= 15 is 0 Å². The number of thioether (sulfide) groups is 1. The van der Waals surface area contributed by atoms with Gasteiger partial charge in [0.1, 0.15) is 0 Å². The average Bonchev–Trinajstić information content (AvgIpc) is 3.28. The number of para-hydroxylation sites is 1. The number of amides is 2. The Morgan fingerprint density at radius 2 is 1.73 bits per heavy atom. The second kappa shape index (κ2) is 6.12. The Hall–Kier alpha value is -1.82. The Balaban J connectivity index is 1.60. The van der Waals surface area contributed by atoms with Gasteiger partial charge >= 0.3 is 0 Å². The number of carbonyl (C=O) groups excluding carboxylic acids is 2. The van der Waals surface area contributed by atoms with Crippen LogP contribution in [0.1, 0.15) is 11.6 Å². The summed E-state index contributed by atoms with van der Waals surface area (Å²) in [4.78, 5) is 30.3. The Morgan fingerprint density at radius 1 is 0.962 bits per heavy atom. The van der Waals surface area contributed by atoms with Gasteiger partial charge in [-0.2, -0.15) is 0 Å². The van der Waals surface area contributed by atoms with Crippen molar-refractivity contribution in [3.63, 3.8) is 0 Å². The Bertz CT molecular complexity index is 890. The van der Waals surface area contributed by atoms with E-state index in [1.165, 1.54) is 4.90 Å². The first-order chi connectivity index (χ1) is 12.7. The van der Waals surface area contributed by atoms with Crippen molar-refractivity contribution in [2.75, 3.05) is 16.5 Å². The van der Waals surface area contributed by atoms with Crippen LogP contribution >= 0.6 is 23.4 Å². The Kier molecular flexibility index (Phi) is 3.85. The third-order valence-electron chi connectivity index (χ3n) is 5.67. The molecule has 0 spiro atoms. The summed E-state index contributed by atoms with van der Waals surface area (Å²) in [5.41, 5.74) is 1.69. The zero-order chi connectivity index (χ0) is 17.8. The molecule has 0 aliphatic carbocycles. The van der Waals surface area contributed by atoms with Gasteiger partial charge in [-0.25, -0.2) is 4.90 Å². The molecular formula is C20H17ClN2O2S. The molecule has 0 radical (unpaired) electrons. The van der Waals surface area contributed by atoms with E-state index in [9.17, 15) is 9.59 Å². The van der Waals surface area contributed by atoms with Crippen molar-refractivity contribution in [1.82, 2.24) is 4.90 Å². The quantitative estimate of drug-likeness (QED) is 0.742. The van der Waals surface area contributed by atoms with E-state index < -0.39 is 0 Å². The van der Waals surface area contributed by atoms with Crippen molar-refractivity contribution in [3.8, 4) is 0 Å². The van der Waals surface area contributed by atoms with Crippen molar-refractivity contribution >= 4 is 40.9 Å². The smallest absolute Gasteiger partial charge is 0.239 e. The Labute approximate surface area is 161 Å². The molecule has 5 rings (SSSR count). The van der Waals surface area contributed by atoms with Crippen LogP contribution in [-0.2, 0) is 9.59 Å². The summed E-state index contributed by atoms with van der Waals surface area (Å²) >= 11 is 8.04. The molecule has 4 atom stereocenters. The van der Waals surface area contributed by atoms with Crippen LogP contribution in [0.3, 0.4) is 0 Å². The molecular weight excluding hydrogens is 368 g/mol. The minimum absolute atomic E-state index is 0.0618. The Morgan fingerprint density at radius 3 is 2.50 bits per heavy atom. The highest BCUT2D eigenvalue weighted by Crippen LogP contribution is 2.54. The van der Waals surface area contributed by atoms with Crippen LogP contribution in [0.4, 0.5) is 5.69 Å². The third-order valence-corrected chi connectivity index (χ3v) is 6.96. The fourth-order valence-corrected chi connectivity index (χ4v) is 6.15. The van der Waals surface area contributed by atoms with Crippen LogP contribution in [-0.4, -0.2) is 34.4 Å². The first-order valence-electron chi connectivity index (χ1n) is 8.68. The number of anilines is 1. The number of halogens is 1. The van der Waals surface area contributed by atoms with Crippen molar-refractivity contribution in [3.05, 3.63) is 65.2 Å². The van der Waals surface area contributed by atoms with Crippen LogP contribution < -0.4 is 4.90 Å². The molecule has 4 nitrogen and oxygen atoms in total. The largest absolute Gasteiger partial charge is 0.282 e. The molecule has 3 heterocycles. The van der Waals surface area contributed by atoms with Gasteiger partial charge in [-0.15, -0.1) is 11.8 Å². The van der Waals surface area contributed by atoms with Crippen LogP contribution in [0.15, 0.2) is 54.6 Å². The van der Waals surface area contributed by atoms with Gasteiger partial charge in [0.05, 0.1) is 17.5 Å². The van der Waals surface area contributed by atoms with Gasteiger partial charge in [-0.05, 0) is 29.8 Å². The first kappa shape index (κ1) is 16.4. The number of hydrogen-bond acceptors (Lipinski definition) is 4. The normalized spacial score (nSPS) is 30.7. The third kappa shape index (κ3) is 2.27. The standard InChI is InChI=1S/C20H17ClN2O2S/c21-13-6-4-5-12(9-13)18-17-16(15-10-26-11-22(15)18)19(24)23(20(17)25)14-7-2-1-3-8-14/h1-9,15-18H,10-11H2/t15-,16+,17+,18+/m0/s1. The van der Waals surface area contributed by atoms with Gasteiger partial charge in [0.2, 0.25) is 11.8 Å². The summed E-state index contributed by atoms with van der Waals surface area (Å²) in [6.45, 7) is 0. The molecule has 132 valence electrons. The number of imide groups is 1. The minimum Gasteiger partial charge on any atom is -0.282 e. The van der Waals surface area contributed by atoms with Crippen LogP contribution in [0.5, 0.6) is 0 Å². The summed E-state index contributed by atoms with van der Waals surface area (Å²) in [7, 11) is 0. The van der Waals surface area contributed by atoms with E-state index in [-0.39, 0.29) is 35.7 Å². The second-order valence-corrected chi connectivity index (χ2v) is 8.42. The molecule has 0 saturated carbocycles. The predicted octanol–water partition coefficient (Wildman–Crippen LogP) is 3.58. The van der Waals surface area contributed by atoms with Gasteiger partial charge in [-0.3, -0.25) is 14.5 Å². The molecule has 2 aromatic rings. The zero-order valence-corrected chi connectivity index (χ0v) is 15.5. The molecule has 6 heteroatoms. The van der Waals surface area contributed by atoms with Crippen molar-refractivity contribution in [2.24, 2.45) is 11.8 Å². The van der Waals surface area contributed by atoms with E-state index in [4.69, 9.17) is 11.6 Å². The fraction of sp³-hybridized carbons (Fsp3) is 0.300. The molecule has 0 unspecified atom stereocenters. The van der Waals surface area contributed by atoms with Crippen LogP contribution in [0.25, 0.3) is 0 Å². The summed E-state index contributed by atoms with van der Waals surface area (Å²) < 4.78 is 0. The monoisotopic (exact) mass is 384 g/mol. The number of benzene rings is 2. The molecule has 0 bridgehead atoms. The molecule has 3 fully saturated rings. The maximum absolute atomic E-state index is 13.3. The molecule has 3 saturated heterocycles. The van der Waals surface area contributed by atoms with Crippen molar-refractivity contribution in [2.45, 2.75) is 12.1 Å². The topological polar surface area (TPSA) is 40.6 Å². The average molecular weight is 385 g/mol. The number of nitrogens with zero attached hydrogens (tertiary/aromatic N) is 2. The molecule has 3 aliphatic heterocycles. The number of fused-ring (bicyclic) bond motifs is 3. The van der Waals surface area contributed by atoms with E-state index in [1.54, 1.807) is 0 Å². The summed E-state index contributed by atoms with van der Waals surface area (Å²) in [5, 5.41) is 0.658. The highest BCUT2D eigenvalue weighted by molar-refractivity contribution is 7.99. The second-order valence-electron chi connectivity index (χ2n) is 6.98. The van der Waals surface area contributed by atoms with Crippen LogP contribution in [0, 0.1) is 11.8 Å². The molecule has 26 heavy (non-hydrogen) atoms. The van der Waals surface area contributed by atoms with Gasteiger partial charge in [0, 0.05) is 28.7 Å². The SMILES string of the molecule is O=C1[C@@H]2[C@H](C(=O)N1c1ccccc1)[C@@H]1CSCN1[C@@H]2c1cccc(Cl)c1. The van der Waals surface area contributed by atoms with E-state index in [1.807, 2.05) is 66.4 Å². The maximum Gasteiger partial charge on any atom is 0.239 e. The van der Waals surface area contributed by atoms with Crippen LogP contribution in [0.2, 0.25) is 5.02 Å². The lowest BCUT2D eigenvalue weighted by atomic mass is 9.87. The van der Waals surface area contributed by atoms with Crippen molar-refractivity contribution in [1.29, 1.82) is 0 Å². The molecule has 3 aliphatic rings. The summed E-state index contributed by atoms with van der Waals surface area (Å²) in [6, 6.07) is 17.0. The highest BCUT2D eigenvalue weighted by Gasteiger charge is 2.63. The van der Waals surface area contributed by atoms with Gasteiger partial charge in [-0.1, -0.05) is 41.9 Å². The number of rotatable bonds is 2. The molecule has 0 N–H and O–H groups in total. The van der Waals surface area contributed by atoms with E-state index in [0.717, 1.165) is 17.2 Å². The molecule has 2 aromatic carbocycles. The number of carbonyl (C=O) groups is 2. The fourth-order valence-electron chi connectivity index (χ4n) is 4.64. The maximum atomic E-state index is 13.3. The zero-order valence-electron chi connectivity index (χ0n) is 13.9. The number of hydrogen-bond donors (Lipinski definition) is 0. The first-order valence-corrected chi connectivity index (χ1v) is 10.2. The molecule has 0 aromatic heterocycles. The van der Waals surface area contributed by atoms with Gasteiger partial charge < -0.3 is 0 Å². The lowest BCUT2D eigenvalue weighted by Gasteiger charge is -2.28. The lowest BCUT2D eigenvalue weighted by molar-refractivity contribution is -0.123. The van der Waals surface area contributed by atoms with E-state index in [2.05, 4.69) is 4.90 Å². The highest BCUT2D eigenvalue weighted by atomic mass is 35.5.